The average Bonchev–Trinajstić information content (AvgIpc) is 2.41. The second-order valence-corrected chi connectivity index (χ2v) is 4.84. The molecule has 2 aromatic carbocycles. The highest BCUT2D eigenvalue weighted by atomic mass is 14.4. The molecule has 0 bridgehead atoms. The van der Waals surface area contributed by atoms with Crippen LogP contribution in [-0.4, -0.2) is 11.4 Å². The van der Waals surface area contributed by atoms with Gasteiger partial charge in [0.25, 0.3) is 0 Å². The van der Waals surface area contributed by atoms with Crippen molar-refractivity contribution in [3.8, 4) is 0 Å². The summed E-state index contributed by atoms with van der Waals surface area (Å²) in [6.07, 6.45) is 0. The summed E-state index contributed by atoms with van der Waals surface area (Å²) in [7, 11) is 0. The molecule has 0 aromatic heterocycles. The molecule has 0 aliphatic carbocycles. The predicted octanol–water partition coefficient (Wildman–Crippen LogP) is 4.11. The fraction of sp³-hybridized carbons (Fsp3) is 0.176. The fourth-order valence-corrected chi connectivity index (χ4v) is 2.08. The lowest BCUT2D eigenvalue weighted by Gasteiger charge is -2.11. The molecule has 19 heavy (non-hydrogen) atoms. The smallest absolute Gasteiger partial charge is 0.0691 e. The topological polar surface area (TPSA) is 47.7 Å². The summed E-state index contributed by atoms with van der Waals surface area (Å²) in [6, 6.07) is 13.7. The third kappa shape index (κ3) is 2.63. The summed E-state index contributed by atoms with van der Waals surface area (Å²) in [4.78, 5) is 0. The Morgan fingerprint density at radius 1 is 0.842 bits per heavy atom. The fourth-order valence-electron chi connectivity index (χ4n) is 2.08. The average molecular weight is 250 g/mol. The first kappa shape index (κ1) is 13.2. The molecule has 0 radical (unpaired) electrons. The molecule has 0 saturated carbocycles. The van der Waals surface area contributed by atoms with Gasteiger partial charge in [0.15, 0.2) is 0 Å². The summed E-state index contributed by atoms with van der Waals surface area (Å²) in [5, 5.41) is 16.2. The number of nitrogens with one attached hydrogen (secondary N) is 2. The van der Waals surface area contributed by atoms with Crippen molar-refractivity contribution in [1.29, 1.82) is 10.8 Å². The van der Waals surface area contributed by atoms with Crippen LogP contribution in [0.2, 0.25) is 0 Å². The van der Waals surface area contributed by atoms with E-state index >= 15 is 0 Å². The van der Waals surface area contributed by atoms with E-state index in [1.165, 1.54) is 11.1 Å². The van der Waals surface area contributed by atoms with Gasteiger partial charge >= 0.3 is 0 Å². The molecule has 0 amide bonds. The van der Waals surface area contributed by atoms with E-state index in [0.29, 0.717) is 11.4 Å². The molecule has 0 aliphatic heterocycles. The minimum Gasteiger partial charge on any atom is -0.305 e. The van der Waals surface area contributed by atoms with Crippen molar-refractivity contribution in [2.24, 2.45) is 0 Å². The number of hydrogen-bond donors (Lipinski definition) is 2. The Hall–Kier alpha value is -2.22. The van der Waals surface area contributed by atoms with Gasteiger partial charge in [-0.25, -0.2) is 0 Å². The lowest BCUT2D eigenvalue weighted by molar-refractivity contribution is 1.32. The zero-order valence-corrected chi connectivity index (χ0v) is 11.5. The van der Waals surface area contributed by atoms with Crippen molar-refractivity contribution >= 4 is 11.4 Å². The monoisotopic (exact) mass is 250 g/mol. The largest absolute Gasteiger partial charge is 0.305 e. The minimum atomic E-state index is 0.477. The molecule has 96 valence electrons. The van der Waals surface area contributed by atoms with Gasteiger partial charge < -0.3 is 5.41 Å². The maximum absolute atomic E-state index is 8.38. The third-order valence-corrected chi connectivity index (χ3v) is 3.40. The molecule has 2 N–H and O–H groups in total. The van der Waals surface area contributed by atoms with Gasteiger partial charge in [-0.15, -0.1) is 0 Å². The number of benzene rings is 2. The predicted molar refractivity (Wildman–Crippen MR) is 80.8 cm³/mol. The molecular weight excluding hydrogens is 232 g/mol. The van der Waals surface area contributed by atoms with E-state index in [9.17, 15) is 0 Å². The normalized spacial score (nSPS) is 10.3. The van der Waals surface area contributed by atoms with Gasteiger partial charge in [-0.2, -0.15) is 0 Å². The van der Waals surface area contributed by atoms with Crippen LogP contribution in [-0.2, 0) is 0 Å². The van der Waals surface area contributed by atoms with Crippen LogP contribution in [0.25, 0.3) is 0 Å². The Morgan fingerprint density at radius 3 is 2.05 bits per heavy atom. The zero-order chi connectivity index (χ0) is 14.0. The first-order chi connectivity index (χ1) is 9.00. The van der Waals surface area contributed by atoms with Crippen LogP contribution in [0.5, 0.6) is 0 Å². The maximum atomic E-state index is 8.38. The lowest BCUT2D eigenvalue weighted by Crippen LogP contribution is -2.08. The van der Waals surface area contributed by atoms with Crippen LogP contribution in [0.15, 0.2) is 42.5 Å². The van der Waals surface area contributed by atoms with Gasteiger partial charge in [0.05, 0.1) is 5.71 Å². The first-order valence-corrected chi connectivity index (χ1v) is 6.32. The second kappa shape index (κ2) is 5.19. The Bertz CT molecular complexity index is 654. The Morgan fingerprint density at radius 2 is 1.47 bits per heavy atom. The van der Waals surface area contributed by atoms with E-state index in [1.807, 2.05) is 42.5 Å². The Labute approximate surface area is 114 Å². The van der Waals surface area contributed by atoms with E-state index in [0.717, 1.165) is 16.7 Å². The summed E-state index contributed by atoms with van der Waals surface area (Å²) in [6.45, 7) is 5.88. The highest BCUT2D eigenvalue weighted by Crippen LogP contribution is 2.17. The quantitative estimate of drug-likeness (QED) is 0.770. The van der Waals surface area contributed by atoms with Crippen molar-refractivity contribution < 1.29 is 0 Å². The van der Waals surface area contributed by atoms with Crippen LogP contribution in [0.3, 0.4) is 0 Å². The zero-order valence-electron chi connectivity index (χ0n) is 11.5. The van der Waals surface area contributed by atoms with E-state index in [1.54, 1.807) is 6.92 Å². The molecule has 2 rings (SSSR count). The van der Waals surface area contributed by atoms with Crippen molar-refractivity contribution in [3.63, 3.8) is 0 Å². The molecule has 2 nitrogen and oxygen atoms in total. The number of hydrogen-bond acceptors (Lipinski definition) is 2. The maximum Gasteiger partial charge on any atom is 0.0691 e. The number of aryl methyl sites for hydroxylation is 2. The molecule has 2 heteroatoms. The van der Waals surface area contributed by atoms with Gasteiger partial charge in [-0.05, 0) is 38.0 Å². The molecule has 0 heterocycles. The van der Waals surface area contributed by atoms with E-state index in [4.69, 9.17) is 10.8 Å². The molecular formula is C17H18N2. The second-order valence-electron chi connectivity index (χ2n) is 4.84. The number of rotatable bonds is 3. The van der Waals surface area contributed by atoms with Crippen LogP contribution in [0.1, 0.15) is 34.7 Å². The summed E-state index contributed by atoms with van der Waals surface area (Å²) < 4.78 is 0. The first-order valence-electron chi connectivity index (χ1n) is 6.32. The summed E-state index contributed by atoms with van der Waals surface area (Å²) in [5.74, 6) is 0. The van der Waals surface area contributed by atoms with Crippen molar-refractivity contribution in [2.45, 2.75) is 20.8 Å². The van der Waals surface area contributed by atoms with Gasteiger partial charge in [0, 0.05) is 22.4 Å². The van der Waals surface area contributed by atoms with E-state index < -0.39 is 0 Å². The molecule has 0 fully saturated rings. The van der Waals surface area contributed by atoms with Crippen molar-refractivity contribution in [3.05, 3.63) is 70.3 Å². The summed E-state index contributed by atoms with van der Waals surface area (Å²) in [5.41, 5.74) is 5.93. The van der Waals surface area contributed by atoms with Crippen LogP contribution < -0.4 is 0 Å². The van der Waals surface area contributed by atoms with Crippen LogP contribution in [0, 0.1) is 24.7 Å². The molecule has 2 aromatic rings. The van der Waals surface area contributed by atoms with E-state index in [2.05, 4.69) is 13.8 Å². The highest BCUT2D eigenvalue weighted by Gasteiger charge is 2.11. The molecule has 0 atom stereocenters. The van der Waals surface area contributed by atoms with Gasteiger partial charge in [0.2, 0.25) is 0 Å². The molecule has 0 aliphatic rings. The molecule has 0 unspecified atom stereocenters. The van der Waals surface area contributed by atoms with Crippen LogP contribution in [0.4, 0.5) is 0 Å². The van der Waals surface area contributed by atoms with Gasteiger partial charge in [0.1, 0.15) is 0 Å². The third-order valence-electron chi connectivity index (χ3n) is 3.40. The van der Waals surface area contributed by atoms with Crippen LogP contribution >= 0.6 is 0 Å². The van der Waals surface area contributed by atoms with E-state index in [-0.39, 0.29) is 0 Å². The van der Waals surface area contributed by atoms with Crippen molar-refractivity contribution in [2.75, 3.05) is 0 Å². The van der Waals surface area contributed by atoms with Crippen molar-refractivity contribution in [1.82, 2.24) is 0 Å². The Balaban J connectivity index is 2.50. The summed E-state index contributed by atoms with van der Waals surface area (Å²) >= 11 is 0. The van der Waals surface area contributed by atoms with Gasteiger partial charge in [-0.1, -0.05) is 36.4 Å². The Kier molecular flexibility index (Phi) is 3.61. The lowest BCUT2D eigenvalue weighted by atomic mass is 9.94. The highest BCUT2D eigenvalue weighted by molar-refractivity contribution is 6.17. The standard InChI is InChI=1S/C17H18N2/c1-11-8-9-14(10-12(11)2)17(19)16-7-5-4-6-15(16)13(3)18/h4-10,18-19H,1-3H3. The SMILES string of the molecule is CC(=N)c1ccccc1C(=N)c1ccc(C)c(C)c1. The minimum absolute atomic E-state index is 0.477. The molecule has 0 spiro atoms. The van der Waals surface area contributed by atoms with Gasteiger partial charge in [-0.3, -0.25) is 5.41 Å². The molecule has 0 saturated heterocycles.